The van der Waals surface area contributed by atoms with Crippen molar-refractivity contribution in [3.05, 3.63) is 59.1 Å². The Kier molecular flexibility index (Phi) is 3.81. The maximum atomic E-state index is 14.2. The van der Waals surface area contributed by atoms with Gasteiger partial charge in [-0.3, -0.25) is 5.32 Å². The Labute approximate surface area is 148 Å². The van der Waals surface area contributed by atoms with E-state index in [-0.39, 0.29) is 12.0 Å². The van der Waals surface area contributed by atoms with Gasteiger partial charge in [-0.1, -0.05) is 41.9 Å². The van der Waals surface area contributed by atoms with Crippen LogP contribution in [-0.4, -0.2) is 17.7 Å². The summed E-state index contributed by atoms with van der Waals surface area (Å²) in [7, 11) is 0. The predicted molar refractivity (Wildman–Crippen MR) is 93.7 cm³/mol. The molecule has 1 fully saturated rings. The minimum atomic E-state index is -4.39. The molecule has 0 bridgehead atoms. The molecule has 1 aromatic heterocycles. The fourth-order valence-electron chi connectivity index (χ4n) is 3.76. The number of rotatable bonds is 2. The highest BCUT2D eigenvalue weighted by atomic mass is 35.5. The Morgan fingerprint density at radius 2 is 1.72 bits per heavy atom. The van der Waals surface area contributed by atoms with Crippen molar-refractivity contribution in [1.29, 1.82) is 0 Å². The van der Waals surface area contributed by atoms with Gasteiger partial charge in [0.1, 0.15) is 5.54 Å². The van der Waals surface area contributed by atoms with Crippen molar-refractivity contribution in [3.63, 3.8) is 0 Å². The maximum absolute atomic E-state index is 14.2. The quantitative estimate of drug-likeness (QED) is 0.606. The van der Waals surface area contributed by atoms with Crippen LogP contribution in [0, 0.1) is 0 Å². The molecule has 2 heterocycles. The van der Waals surface area contributed by atoms with E-state index in [1.54, 1.807) is 42.5 Å². The molecule has 3 aromatic rings. The Bertz CT molecular complexity index is 907. The number of nitrogens with one attached hydrogen (secondary N) is 2. The number of aromatic amines is 1. The predicted octanol–water partition coefficient (Wildman–Crippen LogP) is 5.63. The van der Waals surface area contributed by atoms with Gasteiger partial charge in [-0.05, 0) is 43.1 Å². The molecule has 0 spiro atoms. The molecule has 25 heavy (non-hydrogen) atoms. The van der Waals surface area contributed by atoms with Crippen LogP contribution in [0.25, 0.3) is 22.2 Å². The van der Waals surface area contributed by atoms with Gasteiger partial charge in [0.05, 0.1) is 5.69 Å². The number of aromatic nitrogens is 1. The first-order valence-corrected chi connectivity index (χ1v) is 8.49. The highest BCUT2D eigenvalue weighted by Crippen LogP contribution is 2.50. The minimum absolute atomic E-state index is 0.0267. The number of H-pyrrole nitrogens is 1. The molecule has 1 saturated heterocycles. The normalized spacial score (nSPS) is 21.1. The van der Waals surface area contributed by atoms with Crippen LogP contribution in [0.3, 0.4) is 0 Å². The highest BCUT2D eigenvalue weighted by molar-refractivity contribution is 6.30. The van der Waals surface area contributed by atoms with Gasteiger partial charge in [-0.25, -0.2) is 0 Å². The smallest absolute Gasteiger partial charge is 0.354 e. The van der Waals surface area contributed by atoms with Crippen molar-refractivity contribution in [1.82, 2.24) is 10.3 Å². The molecular formula is C19H16ClF3N2. The average molecular weight is 365 g/mol. The van der Waals surface area contributed by atoms with Crippen LogP contribution in [-0.2, 0) is 5.54 Å². The van der Waals surface area contributed by atoms with Gasteiger partial charge in [-0.2, -0.15) is 13.2 Å². The number of alkyl halides is 3. The minimum Gasteiger partial charge on any atom is -0.354 e. The van der Waals surface area contributed by atoms with E-state index < -0.39 is 11.7 Å². The number of para-hydroxylation sites is 1. The highest BCUT2D eigenvalue weighted by Gasteiger charge is 2.59. The SMILES string of the molecule is FC(F)(F)C1(c2c(-c3ccc(Cl)cc3)[nH]c3ccccc23)CCCN1. The molecule has 0 aliphatic carbocycles. The largest absolute Gasteiger partial charge is 0.410 e. The summed E-state index contributed by atoms with van der Waals surface area (Å²) < 4.78 is 42.5. The molecule has 2 aromatic carbocycles. The monoisotopic (exact) mass is 364 g/mol. The topological polar surface area (TPSA) is 27.8 Å². The summed E-state index contributed by atoms with van der Waals surface area (Å²) in [6, 6.07) is 14.0. The van der Waals surface area contributed by atoms with Crippen molar-refractivity contribution in [2.24, 2.45) is 0 Å². The van der Waals surface area contributed by atoms with E-state index in [2.05, 4.69) is 10.3 Å². The zero-order valence-corrected chi connectivity index (χ0v) is 14.0. The number of halogens is 4. The summed E-state index contributed by atoms with van der Waals surface area (Å²) in [5, 5.41) is 3.90. The van der Waals surface area contributed by atoms with Crippen molar-refractivity contribution < 1.29 is 13.2 Å². The number of hydrogen-bond acceptors (Lipinski definition) is 1. The maximum Gasteiger partial charge on any atom is 0.410 e. The fraction of sp³-hybridized carbons (Fsp3) is 0.263. The van der Waals surface area contributed by atoms with Gasteiger partial charge in [0.25, 0.3) is 0 Å². The molecule has 1 atom stereocenters. The van der Waals surface area contributed by atoms with Crippen LogP contribution in [0.1, 0.15) is 18.4 Å². The van der Waals surface area contributed by atoms with E-state index in [0.29, 0.717) is 40.1 Å². The van der Waals surface area contributed by atoms with Crippen molar-refractivity contribution in [2.45, 2.75) is 24.6 Å². The molecule has 1 aliphatic rings. The Morgan fingerprint density at radius 1 is 1.00 bits per heavy atom. The van der Waals surface area contributed by atoms with Crippen LogP contribution < -0.4 is 5.32 Å². The molecule has 0 saturated carbocycles. The van der Waals surface area contributed by atoms with E-state index in [0.717, 1.165) is 0 Å². The Balaban J connectivity index is 2.04. The van der Waals surface area contributed by atoms with E-state index >= 15 is 0 Å². The molecule has 1 unspecified atom stereocenters. The molecule has 4 rings (SSSR count). The summed E-state index contributed by atoms with van der Waals surface area (Å²) in [5.41, 5.74) is 0.106. The summed E-state index contributed by atoms with van der Waals surface area (Å²) in [6.45, 7) is 0.346. The van der Waals surface area contributed by atoms with Crippen molar-refractivity contribution in [2.75, 3.05) is 6.54 Å². The molecule has 130 valence electrons. The lowest BCUT2D eigenvalue weighted by molar-refractivity contribution is -0.195. The lowest BCUT2D eigenvalue weighted by Crippen LogP contribution is -2.50. The second kappa shape index (κ2) is 5.78. The summed E-state index contributed by atoms with van der Waals surface area (Å²) >= 11 is 5.94. The third kappa shape index (κ3) is 2.53. The molecule has 1 aliphatic heterocycles. The molecule has 2 N–H and O–H groups in total. The first-order chi connectivity index (χ1) is 11.9. The van der Waals surface area contributed by atoms with Crippen LogP contribution >= 0.6 is 11.6 Å². The van der Waals surface area contributed by atoms with E-state index in [1.165, 1.54) is 0 Å². The Hall–Kier alpha value is -1.98. The summed E-state index contributed by atoms with van der Waals surface area (Å²) in [6.07, 6.45) is -3.88. The van der Waals surface area contributed by atoms with E-state index in [9.17, 15) is 13.2 Å². The fourth-order valence-corrected chi connectivity index (χ4v) is 3.89. The third-order valence-corrected chi connectivity index (χ3v) is 5.16. The molecule has 6 heteroatoms. The van der Waals surface area contributed by atoms with Gasteiger partial charge in [0.2, 0.25) is 0 Å². The van der Waals surface area contributed by atoms with Crippen molar-refractivity contribution in [3.8, 4) is 11.3 Å². The van der Waals surface area contributed by atoms with Crippen LogP contribution in [0.4, 0.5) is 13.2 Å². The van der Waals surface area contributed by atoms with Gasteiger partial charge in [0.15, 0.2) is 0 Å². The zero-order valence-electron chi connectivity index (χ0n) is 13.3. The third-order valence-electron chi connectivity index (χ3n) is 4.90. The van der Waals surface area contributed by atoms with Gasteiger partial charge in [0, 0.05) is 21.5 Å². The second-order valence-corrected chi connectivity index (χ2v) is 6.80. The standard InChI is InChI=1S/C19H16ClF3N2/c20-13-8-6-12(7-9-13)17-16(14-4-1-2-5-15(14)25-17)18(19(21,22)23)10-3-11-24-18/h1-2,4-9,24-25H,3,10-11H2. The average Bonchev–Trinajstić information content (AvgIpc) is 3.20. The van der Waals surface area contributed by atoms with Gasteiger partial charge < -0.3 is 4.98 Å². The molecular weight excluding hydrogens is 349 g/mol. The first kappa shape index (κ1) is 16.5. The van der Waals surface area contributed by atoms with Crippen molar-refractivity contribution >= 4 is 22.5 Å². The lowest BCUT2D eigenvalue weighted by atomic mass is 9.84. The van der Waals surface area contributed by atoms with Gasteiger partial charge in [-0.15, -0.1) is 0 Å². The lowest BCUT2D eigenvalue weighted by Gasteiger charge is -2.33. The number of benzene rings is 2. The summed E-state index contributed by atoms with van der Waals surface area (Å²) in [4.78, 5) is 3.19. The van der Waals surface area contributed by atoms with Crippen LogP contribution in [0.15, 0.2) is 48.5 Å². The van der Waals surface area contributed by atoms with Gasteiger partial charge >= 0.3 is 6.18 Å². The van der Waals surface area contributed by atoms with E-state index in [4.69, 9.17) is 11.6 Å². The zero-order chi connectivity index (χ0) is 17.7. The molecule has 0 amide bonds. The summed E-state index contributed by atoms with van der Waals surface area (Å²) in [5.74, 6) is 0. The van der Waals surface area contributed by atoms with E-state index in [1.807, 2.05) is 6.07 Å². The Morgan fingerprint density at radius 3 is 2.36 bits per heavy atom. The number of fused-ring (bicyclic) bond motifs is 1. The second-order valence-electron chi connectivity index (χ2n) is 6.36. The number of hydrogen-bond donors (Lipinski definition) is 2. The van der Waals surface area contributed by atoms with Crippen LogP contribution in [0.2, 0.25) is 5.02 Å². The molecule has 0 radical (unpaired) electrons. The van der Waals surface area contributed by atoms with Crippen LogP contribution in [0.5, 0.6) is 0 Å². The first-order valence-electron chi connectivity index (χ1n) is 8.11. The molecule has 2 nitrogen and oxygen atoms in total.